The van der Waals surface area contributed by atoms with Crippen molar-refractivity contribution in [2.45, 2.75) is 68.4 Å². The number of hydrogen-bond donors (Lipinski definition) is 2. The largest absolute Gasteiger partial charge is 0.507 e. The Hall–Kier alpha value is -3.44. The molecule has 14 nitrogen and oxygen atoms in total. The number of methoxy groups -OCH3 is 2. The van der Waals surface area contributed by atoms with Crippen molar-refractivity contribution in [1.29, 1.82) is 5.26 Å². The number of phenols is 1. The number of amides is 1. The number of ether oxygens (including phenoxy) is 7. The Morgan fingerprint density at radius 1 is 1.09 bits per heavy atom. The fourth-order valence-electron chi connectivity index (χ4n) is 8.95. The summed E-state index contributed by atoms with van der Waals surface area (Å²) in [4.78, 5) is 31.3. The normalized spacial score (nSPS) is 26.3. The van der Waals surface area contributed by atoms with Gasteiger partial charge in [0.05, 0.1) is 30.5 Å². The maximum absolute atomic E-state index is 13.8. The fourth-order valence-corrected chi connectivity index (χ4v) is 10.5. The number of rotatable bonds is 7. The van der Waals surface area contributed by atoms with Gasteiger partial charge in [0, 0.05) is 91.3 Å². The van der Waals surface area contributed by atoms with Crippen LogP contribution in [0.2, 0.25) is 0 Å². The summed E-state index contributed by atoms with van der Waals surface area (Å²) in [6.45, 7) is 3.53. The molecule has 2 N–H and O–H groups in total. The SMILES string of the molecule is COCOc1c(OC)c(C)cc2c1[C@@H]1C3[C@@H]4SC[C@@H](NC(=O)OCc5ccccc5)C(=O)OC[C@@H](c5c6c(c(C)c(O)c54)OCO6)N3[C@@H](C#N)[C@H](C2)N1C.[Ac]. The van der Waals surface area contributed by atoms with Gasteiger partial charge in [-0.3, -0.25) is 9.80 Å². The average Bonchev–Trinajstić information content (AvgIpc) is 3.66. The van der Waals surface area contributed by atoms with Crippen molar-refractivity contribution in [1.82, 2.24) is 15.1 Å². The fraction of sp³-hybridized carbons (Fsp3) is 0.462. The molecule has 3 aromatic rings. The second kappa shape index (κ2) is 16.2. The number of aromatic hydroxyl groups is 1. The molecule has 0 saturated carbocycles. The number of benzene rings is 3. The minimum atomic E-state index is -1.07. The van der Waals surface area contributed by atoms with E-state index in [0.29, 0.717) is 46.1 Å². The van der Waals surface area contributed by atoms with Gasteiger partial charge in [-0.25, -0.2) is 9.59 Å². The molecule has 55 heavy (non-hydrogen) atoms. The number of nitrogens with zero attached hydrogens (tertiary/aromatic N) is 3. The maximum atomic E-state index is 13.8. The van der Waals surface area contributed by atoms with Crippen LogP contribution in [0.15, 0.2) is 36.4 Å². The molecule has 0 spiro atoms. The van der Waals surface area contributed by atoms with Crippen molar-refractivity contribution in [2.24, 2.45) is 0 Å². The van der Waals surface area contributed by atoms with Gasteiger partial charge in [0.15, 0.2) is 29.8 Å². The zero-order valence-electron chi connectivity index (χ0n) is 31.2. The predicted molar refractivity (Wildman–Crippen MR) is 195 cm³/mol. The van der Waals surface area contributed by atoms with Gasteiger partial charge in [0.1, 0.15) is 31.0 Å². The van der Waals surface area contributed by atoms with Crippen molar-refractivity contribution >= 4 is 23.8 Å². The van der Waals surface area contributed by atoms with Gasteiger partial charge < -0.3 is 43.6 Å². The Labute approximate surface area is 359 Å². The average molecular weight is 986 g/mol. The van der Waals surface area contributed by atoms with Gasteiger partial charge in [-0.1, -0.05) is 36.4 Å². The van der Waals surface area contributed by atoms with Crippen LogP contribution in [0.1, 0.15) is 56.3 Å². The van der Waals surface area contributed by atoms with E-state index in [1.54, 1.807) is 21.1 Å². The van der Waals surface area contributed by atoms with Crippen LogP contribution in [0, 0.1) is 69.2 Å². The van der Waals surface area contributed by atoms with Crippen LogP contribution < -0.4 is 24.3 Å². The number of phenolic OH excluding ortho intramolecular Hbond substituents is 1. The minimum Gasteiger partial charge on any atom is -0.507 e. The number of aryl methyl sites for hydroxylation is 1. The summed E-state index contributed by atoms with van der Waals surface area (Å²) < 4.78 is 41.2. The number of carbonyl (C=O) groups excluding carboxylic acids is 2. The van der Waals surface area contributed by atoms with Crippen LogP contribution in [0.5, 0.6) is 28.7 Å². The number of hydrogen-bond acceptors (Lipinski definition) is 14. The van der Waals surface area contributed by atoms with Gasteiger partial charge in [0.2, 0.25) is 6.79 Å². The first-order valence-corrected chi connectivity index (χ1v) is 18.8. The van der Waals surface area contributed by atoms with E-state index < -0.39 is 41.5 Å². The Morgan fingerprint density at radius 2 is 1.85 bits per heavy atom. The Kier molecular flexibility index (Phi) is 11.7. The van der Waals surface area contributed by atoms with Gasteiger partial charge in [-0.05, 0) is 44.0 Å². The first kappa shape index (κ1) is 39.8. The standard InChI is InChI=1S/C39H42N4O10S.Ac/c1-19-11-22-12-24-25(13-40)43-26-15-49-38(45)23(41-39(46)50-14-21-9-7-6-8-10-21)16-54-37(29-28(26)36-34(52-18-53-36)20(2)32(29)44)31(43)30(42(24)3)27(22)35(33(19)48-5)51-17-47-4;/h6-11,23-26,30-31,37,44H,12,14-18H2,1-5H3,(H,41,46);/t23-,24+,25+,26+,30-,31?,37-;/m1./s1. The summed E-state index contributed by atoms with van der Waals surface area (Å²) in [5.41, 5.74) is 5.39. The van der Waals surface area contributed by atoms with Crippen LogP contribution in [0.4, 0.5) is 4.79 Å². The van der Waals surface area contributed by atoms with Gasteiger partial charge in [0.25, 0.3) is 0 Å². The van der Waals surface area contributed by atoms with Crippen molar-refractivity contribution in [2.75, 3.05) is 47.2 Å². The molecule has 3 aromatic carbocycles. The number of alkyl carbamates (subject to hydrolysis) is 1. The van der Waals surface area contributed by atoms with E-state index >= 15 is 0 Å². The molecule has 0 aliphatic carbocycles. The number of likely N-dealkylation sites (N-methyl/N-ethyl adjacent to an activating group) is 1. The monoisotopic (exact) mass is 985 g/mol. The number of nitrogens with one attached hydrogen (secondary N) is 1. The number of fused-ring (bicyclic) bond motifs is 10. The zero-order valence-corrected chi connectivity index (χ0v) is 36.8. The minimum absolute atomic E-state index is 0. The number of piperazine rings is 1. The molecule has 1 unspecified atom stereocenters. The van der Waals surface area contributed by atoms with Crippen molar-refractivity contribution in [3.63, 3.8) is 0 Å². The first-order valence-electron chi connectivity index (χ1n) is 17.8. The van der Waals surface area contributed by atoms with E-state index in [0.717, 1.165) is 22.3 Å². The van der Waals surface area contributed by atoms with Gasteiger partial charge in [-0.2, -0.15) is 5.26 Å². The summed E-state index contributed by atoms with van der Waals surface area (Å²) >= 11 is 1.39. The zero-order chi connectivity index (χ0) is 37.8. The Bertz CT molecular complexity index is 2030. The molecule has 0 aromatic heterocycles. The maximum Gasteiger partial charge on any atom is 0.408 e. The molecule has 7 atom stereocenters. The van der Waals surface area contributed by atoms with Crippen LogP contribution in [0.25, 0.3) is 0 Å². The first-order chi connectivity index (χ1) is 26.2. The summed E-state index contributed by atoms with van der Waals surface area (Å²) in [5.74, 6) is 1.49. The Morgan fingerprint density at radius 3 is 2.58 bits per heavy atom. The van der Waals surface area contributed by atoms with Crippen LogP contribution in [-0.4, -0.2) is 98.3 Å². The van der Waals surface area contributed by atoms with Crippen molar-refractivity contribution < 1.29 is 91.9 Å². The van der Waals surface area contributed by atoms with Crippen LogP contribution in [-0.2, 0) is 32.0 Å². The number of thioether (sulfide) groups is 1. The summed E-state index contributed by atoms with van der Waals surface area (Å²) in [6.07, 6.45) is -0.218. The second-order valence-electron chi connectivity index (χ2n) is 14.1. The summed E-state index contributed by atoms with van der Waals surface area (Å²) in [5, 5.41) is 25.3. The Balaban J connectivity index is 0.00000465. The van der Waals surface area contributed by atoms with E-state index in [-0.39, 0.29) is 94.4 Å². The topological polar surface area (TPSA) is 161 Å². The molecule has 1 amide bonds. The van der Waals surface area contributed by atoms with Crippen molar-refractivity contribution in [3.05, 3.63) is 75.3 Å². The molecule has 4 bridgehead atoms. The quantitative estimate of drug-likeness (QED) is 0.250. The molecule has 16 heteroatoms. The van der Waals surface area contributed by atoms with E-state index in [9.17, 15) is 20.0 Å². The number of esters is 1. The van der Waals surface area contributed by atoms with Gasteiger partial charge >= 0.3 is 12.1 Å². The third-order valence-corrected chi connectivity index (χ3v) is 12.6. The van der Waals surface area contributed by atoms with Crippen molar-refractivity contribution in [3.8, 4) is 34.8 Å². The van der Waals surface area contributed by atoms with E-state index in [1.165, 1.54) is 11.8 Å². The number of carbonyl (C=O) groups is 2. The molecular weight excluding hydrogens is 944 g/mol. The molecule has 6 heterocycles. The van der Waals surface area contributed by atoms with E-state index in [4.69, 9.17) is 33.2 Å². The molecule has 2 saturated heterocycles. The molecular formula is C39H42AcN4O10S. The van der Waals surface area contributed by atoms with E-state index in [1.807, 2.05) is 44.3 Å². The molecule has 2 fully saturated rings. The molecule has 9 rings (SSSR count). The number of nitriles is 1. The third-order valence-electron chi connectivity index (χ3n) is 11.2. The molecule has 1 radical (unpaired) electrons. The molecule has 6 aliphatic rings. The van der Waals surface area contributed by atoms with E-state index in [2.05, 4.69) is 27.3 Å². The van der Waals surface area contributed by atoms with Crippen LogP contribution in [0.3, 0.4) is 0 Å². The molecule has 6 aliphatic heterocycles. The predicted octanol–water partition coefficient (Wildman–Crippen LogP) is 4.58. The summed E-state index contributed by atoms with van der Waals surface area (Å²) in [6, 6.07) is 10.4. The second-order valence-corrected chi connectivity index (χ2v) is 15.3. The molecule has 287 valence electrons. The summed E-state index contributed by atoms with van der Waals surface area (Å²) in [7, 11) is 5.18. The smallest absolute Gasteiger partial charge is 0.408 e. The third kappa shape index (κ3) is 6.68. The van der Waals surface area contributed by atoms with Crippen LogP contribution >= 0.6 is 11.8 Å². The van der Waals surface area contributed by atoms with Gasteiger partial charge in [-0.15, -0.1) is 11.8 Å².